The molecule has 2 aromatic carbocycles. The van der Waals surface area contributed by atoms with E-state index in [0.717, 1.165) is 45.0 Å². The van der Waals surface area contributed by atoms with E-state index in [4.69, 9.17) is 23.2 Å². The molecular formula is C16H18Cl2N2O6S3. The van der Waals surface area contributed by atoms with Crippen LogP contribution in [0.3, 0.4) is 0 Å². The maximum absolute atomic E-state index is 13.1. The summed E-state index contributed by atoms with van der Waals surface area (Å²) in [6, 6.07) is 6.45. The van der Waals surface area contributed by atoms with Crippen LogP contribution in [0, 0.1) is 0 Å². The summed E-state index contributed by atoms with van der Waals surface area (Å²) in [7, 11) is -7.16. The summed E-state index contributed by atoms with van der Waals surface area (Å²) in [5.41, 5.74) is 0. The molecule has 0 amide bonds. The molecule has 0 aliphatic rings. The van der Waals surface area contributed by atoms with Crippen LogP contribution in [0.5, 0.6) is 0 Å². The molecule has 0 N–H and O–H groups in total. The average Bonchev–Trinajstić information content (AvgIpc) is 2.61. The Hall–Kier alpha value is -1.21. The molecule has 0 fully saturated rings. The van der Waals surface area contributed by atoms with Gasteiger partial charge in [0, 0.05) is 28.2 Å². The summed E-state index contributed by atoms with van der Waals surface area (Å²) >= 11 is 11.9. The lowest BCUT2D eigenvalue weighted by atomic mass is 10.3. The van der Waals surface area contributed by atoms with Crippen molar-refractivity contribution in [2.45, 2.75) is 19.6 Å². The summed E-state index contributed by atoms with van der Waals surface area (Å²) in [5, 5.41) is -0.297. The number of sulfone groups is 1. The van der Waals surface area contributed by atoms with Gasteiger partial charge in [-0.05, 0) is 36.4 Å². The maximum Gasteiger partial charge on any atom is 0.244 e. The zero-order valence-electron chi connectivity index (χ0n) is 15.8. The second-order valence-corrected chi connectivity index (χ2v) is 13.3. The number of hydrogen-bond acceptors (Lipinski definition) is 6. The van der Waals surface area contributed by atoms with Crippen LogP contribution in [-0.2, 0) is 29.9 Å². The van der Waals surface area contributed by atoms with Gasteiger partial charge in [-0.2, -0.15) is 0 Å². The lowest BCUT2D eigenvalue weighted by Crippen LogP contribution is -2.23. The molecule has 0 radical (unpaired) electrons. The maximum atomic E-state index is 13.1. The second-order valence-electron chi connectivity index (χ2n) is 6.26. The molecule has 160 valence electrons. The van der Waals surface area contributed by atoms with E-state index in [-0.39, 0.29) is 29.6 Å². The molecule has 13 heteroatoms. The molecule has 0 aromatic heterocycles. The molecule has 0 aliphatic heterocycles. The van der Waals surface area contributed by atoms with E-state index in [2.05, 4.69) is 0 Å². The van der Waals surface area contributed by atoms with Crippen molar-refractivity contribution in [1.29, 1.82) is 0 Å². The van der Waals surface area contributed by atoms with Crippen LogP contribution in [0.25, 0.3) is 0 Å². The van der Waals surface area contributed by atoms with E-state index in [9.17, 15) is 25.3 Å². The van der Waals surface area contributed by atoms with Crippen molar-refractivity contribution in [3.05, 3.63) is 46.4 Å². The molecule has 29 heavy (non-hydrogen) atoms. The summed E-state index contributed by atoms with van der Waals surface area (Å²) < 4.78 is 77.6. The van der Waals surface area contributed by atoms with Gasteiger partial charge in [-0.3, -0.25) is 0 Å². The molecule has 0 heterocycles. The van der Waals surface area contributed by atoms with Gasteiger partial charge in [0.2, 0.25) is 29.9 Å². The number of benzene rings is 2. The Balaban J connectivity index is 2.73. The minimum Gasteiger partial charge on any atom is -0.219 e. The third-order valence-electron chi connectivity index (χ3n) is 3.94. The first kappa shape index (κ1) is 24.1. The summed E-state index contributed by atoms with van der Waals surface area (Å²) in [6.07, 6.45) is 0. The topological polar surface area (TPSA) is 109 Å². The highest BCUT2D eigenvalue weighted by Crippen LogP contribution is 2.32. The first-order valence-corrected chi connectivity index (χ1v) is 12.9. The zero-order valence-corrected chi connectivity index (χ0v) is 19.8. The fourth-order valence-corrected chi connectivity index (χ4v) is 6.48. The predicted octanol–water partition coefficient (Wildman–Crippen LogP) is 2.33. The Morgan fingerprint density at radius 3 is 1.21 bits per heavy atom. The van der Waals surface area contributed by atoms with Gasteiger partial charge < -0.3 is 0 Å². The fraction of sp³-hybridized carbons (Fsp3) is 0.250. The number of sulfonamides is 2. The summed E-state index contributed by atoms with van der Waals surface area (Å²) in [4.78, 5) is -1.50. The Morgan fingerprint density at radius 1 is 0.621 bits per heavy atom. The van der Waals surface area contributed by atoms with Crippen molar-refractivity contribution >= 4 is 53.1 Å². The Morgan fingerprint density at radius 2 is 0.931 bits per heavy atom. The van der Waals surface area contributed by atoms with E-state index in [1.165, 1.54) is 28.2 Å². The second kappa shape index (κ2) is 8.14. The minimum atomic E-state index is -4.27. The third kappa shape index (κ3) is 4.46. The quantitative estimate of drug-likeness (QED) is 0.601. The predicted molar refractivity (Wildman–Crippen MR) is 110 cm³/mol. The zero-order chi connectivity index (χ0) is 22.4. The molecular weight excluding hydrogens is 483 g/mol. The van der Waals surface area contributed by atoms with Crippen molar-refractivity contribution < 1.29 is 25.3 Å². The van der Waals surface area contributed by atoms with Crippen molar-refractivity contribution in [2.24, 2.45) is 0 Å². The van der Waals surface area contributed by atoms with Crippen LogP contribution in [0.2, 0.25) is 10.0 Å². The molecule has 0 spiro atoms. The molecule has 2 rings (SSSR count). The largest absolute Gasteiger partial charge is 0.244 e. The van der Waals surface area contributed by atoms with Gasteiger partial charge in [-0.1, -0.05) is 23.2 Å². The monoisotopic (exact) mass is 500 g/mol. The third-order valence-corrected chi connectivity index (χ3v) is 10.3. The van der Waals surface area contributed by atoms with Gasteiger partial charge in [-0.25, -0.2) is 33.9 Å². The van der Waals surface area contributed by atoms with Crippen molar-refractivity contribution in [2.75, 3.05) is 28.2 Å². The standard InChI is InChI=1S/C16H18Cl2N2O6S3/c1-19(2)28(23,24)15-9-11(5-7-13(15)17)27(21,22)12-6-8-14(18)16(10-12)29(25,26)20(3)4/h5-10H,1-4H3. The molecule has 0 bridgehead atoms. The van der Waals surface area contributed by atoms with Gasteiger partial charge in [0.05, 0.1) is 19.8 Å². The lowest BCUT2D eigenvalue weighted by Gasteiger charge is -2.15. The average molecular weight is 501 g/mol. The van der Waals surface area contributed by atoms with E-state index < -0.39 is 29.9 Å². The van der Waals surface area contributed by atoms with Gasteiger partial charge in [0.1, 0.15) is 9.79 Å². The smallest absolute Gasteiger partial charge is 0.219 e. The minimum absolute atomic E-state index is 0.148. The Bertz CT molecular complexity index is 1180. The van der Waals surface area contributed by atoms with Crippen LogP contribution in [-0.4, -0.2) is 62.1 Å². The normalized spacial score (nSPS) is 13.2. The van der Waals surface area contributed by atoms with Gasteiger partial charge >= 0.3 is 0 Å². The highest BCUT2D eigenvalue weighted by atomic mass is 35.5. The number of hydrogen-bond donors (Lipinski definition) is 0. The van der Waals surface area contributed by atoms with Crippen molar-refractivity contribution in [3.8, 4) is 0 Å². The molecule has 8 nitrogen and oxygen atoms in total. The van der Waals surface area contributed by atoms with E-state index in [1.54, 1.807) is 0 Å². The van der Waals surface area contributed by atoms with E-state index in [1.807, 2.05) is 0 Å². The Kier molecular flexibility index (Phi) is 6.75. The summed E-state index contributed by atoms with van der Waals surface area (Å²) in [5.74, 6) is 0. The first-order chi connectivity index (χ1) is 13.1. The van der Waals surface area contributed by atoms with Crippen LogP contribution in [0.15, 0.2) is 56.0 Å². The SMILES string of the molecule is CN(C)S(=O)(=O)c1cc(S(=O)(=O)c2ccc(Cl)c(S(=O)(=O)N(C)C)c2)ccc1Cl. The Labute approximate surface area is 180 Å². The lowest BCUT2D eigenvalue weighted by molar-refractivity contribution is 0.519. The number of rotatable bonds is 6. The van der Waals surface area contributed by atoms with Crippen molar-refractivity contribution in [1.82, 2.24) is 8.61 Å². The van der Waals surface area contributed by atoms with Crippen LogP contribution >= 0.6 is 23.2 Å². The van der Waals surface area contributed by atoms with Gasteiger partial charge in [-0.15, -0.1) is 0 Å². The first-order valence-electron chi connectivity index (χ1n) is 7.82. The molecule has 0 atom stereocenters. The van der Waals surface area contributed by atoms with Crippen LogP contribution in [0.1, 0.15) is 0 Å². The molecule has 0 aliphatic carbocycles. The van der Waals surface area contributed by atoms with Crippen LogP contribution in [0.4, 0.5) is 0 Å². The van der Waals surface area contributed by atoms with E-state index in [0.29, 0.717) is 0 Å². The fourth-order valence-electron chi connectivity index (χ4n) is 2.23. The van der Waals surface area contributed by atoms with Crippen LogP contribution < -0.4 is 0 Å². The molecule has 0 saturated heterocycles. The van der Waals surface area contributed by atoms with Gasteiger partial charge in [0.25, 0.3) is 0 Å². The number of halogens is 2. The van der Waals surface area contributed by atoms with E-state index >= 15 is 0 Å². The molecule has 2 aromatic rings. The molecule has 0 saturated carbocycles. The summed E-state index contributed by atoms with van der Waals surface area (Å²) in [6.45, 7) is 0. The number of nitrogens with zero attached hydrogens (tertiary/aromatic N) is 2. The molecule has 0 unspecified atom stereocenters. The highest BCUT2D eigenvalue weighted by Gasteiger charge is 2.28. The highest BCUT2D eigenvalue weighted by molar-refractivity contribution is 7.92. The van der Waals surface area contributed by atoms with Gasteiger partial charge in [0.15, 0.2) is 0 Å². The van der Waals surface area contributed by atoms with Crippen molar-refractivity contribution in [3.63, 3.8) is 0 Å².